The molecule has 14 heavy (non-hydrogen) atoms. The molecule has 0 aliphatic heterocycles. The fraction of sp³-hybridized carbons (Fsp3) is 0.500. The highest BCUT2D eigenvalue weighted by molar-refractivity contribution is 6.17. The van der Waals surface area contributed by atoms with Gasteiger partial charge in [-0.05, 0) is 22.6 Å². The first-order valence-corrected chi connectivity index (χ1v) is 5.26. The lowest BCUT2D eigenvalue weighted by molar-refractivity contribution is 0.397. The van der Waals surface area contributed by atoms with Crippen molar-refractivity contribution in [2.24, 2.45) is 0 Å². The number of alkyl halides is 1. The van der Waals surface area contributed by atoms with Gasteiger partial charge in [0.1, 0.15) is 5.75 Å². The van der Waals surface area contributed by atoms with E-state index in [0.717, 1.165) is 11.3 Å². The van der Waals surface area contributed by atoms with Gasteiger partial charge in [-0.3, -0.25) is 0 Å². The third-order valence-corrected chi connectivity index (χ3v) is 2.54. The van der Waals surface area contributed by atoms with Crippen molar-refractivity contribution < 1.29 is 4.74 Å². The number of halogens is 1. The maximum Gasteiger partial charge on any atom is 0.122 e. The molecular formula is C12H17ClO. The number of ether oxygens (including phenoxy) is 1. The van der Waals surface area contributed by atoms with Gasteiger partial charge < -0.3 is 4.74 Å². The Morgan fingerprint density at radius 1 is 1.29 bits per heavy atom. The van der Waals surface area contributed by atoms with Crippen LogP contribution >= 0.6 is 11.6 Å². The monoisotopic (exact) mass is 212 g/mol. The third kappa shape index (κ3) is 2.42. The second kappa shape index (κ2) is 4.22. The Labute approximate surface area is 91.0 Å². The second-order valence-corrected chi connectivity index (χ2v) is 4.69. The van der Waals surface area contributed by atoms with Crippen molar-refractivity contribution in [3.8, 4) is 5.75 Å². The summed E-state index contributed by atoms with van der Waals surface area (Å²) in [6.07, 6.45) is 0. The zero-order valence-electron chi connectivity index (χ0n) is 9.23. The summed E-state index contributed by atoms with van der Waals surface area (Å²) in [5.41, 5.74) is 2.42. The molecule has 0 atom stereocenters. The first kappa shape index (κ1) is 11.4. The topological polar surface area (TPSA) is 9.23 Å². The van der Waals surface area contributed by atoms with Gasteiger partial charge in [0.2, 0.25) is 0 Å². The molecule has 78 valence electrons. The van der Waals surface area contributed by atoms with Gasteiger partial charge in [0, 0.05) is 5.88 Å². The molecule has 0 aliphatic rings. The van der Waals surface area contributed by atoms with E-state index in [0.29, 0.717) is 5.88 Å². The van der Waals surface area contributed by atoms with Crippen molar-refractivity contribution in [3.63, 3.8) is 0 Å². The molecular weight excluding hydrogens is 196 g/mol. The number of methoxy groups -OCH3 is 1. The Bertz CT molecular complexity index is 313. The quantitative estimate of drug-likeness (QED) is 0.679. The minimum atomic E-state index is 0.107. The Balaban J connectivity index is 3.18. The Hall–Kier alpha value is -0.690. The molecule has 0 unspecified atom stereocenters. The van der Waals surface area contributed by atoms with Crippen molar-refractivity contribution in [2.45, 2.75) is 32.1 Å². The van der Waals surface area contributed by atoms with Crippen LogP contribution < -0.4 is 4.74 Å². The number of rotatable bonds is 2. The van der Waals surface area contributed by atoms with Gasteiger partial charge in [0.15, 0.2) is 0 Å². The van der Waals surface area contributed by atoms with Gasteiger partial charge in [-0.25, -0.2) is 0 Å². The lowest BCUT2D eigenvalue weighted by Gasteiger charge is -2.22. The van der Waals surface area contributed by atoms with Gasteiger partial charge in [-0.1, -0.05) is 32.9 Å². The fourth-order valence-electron chi connectivity index (χ4n) is 1.44. The molecule has 0 aliphatic carbocycles. The zero-order chi connectivity index (χ0) is 10.8. The van der Waals surface area contributed by atoms with E-state index in [9.17, 15) is 0 Å². The van der Waals surface area contributed by atoms with E-state index in [1.54, 1.807) is 7.11 Å². The summed E-state index contributed by atoms with van der Waals surface area (Å²) in [4.78, 5) is 0. The molecule has 0 fully saturated rings. The lowest BCUT2D eigenvalue weighted by Crippen LogP contribution is -2.12. The summed E-state index contributed by atoms with van der Waals surface area (Å²) in [6, 6.07) is 6.15. The number of hydrogen-bond acceptors (Lipinski definition) is 1. The molecule has 0 saturated heterocycles. The maximum atomic E-state index is 5.77. The molecule has 0 amide bonds. The standard InChI is InChI=1S/C12H17ClO/c1-12(2,3)10-6-5-9(8-13)7-11(10)14-4/h5-7H,8H2,1-4H3. The molecule has 0 heterocycles. The highest BCUT2D eigenvalue weighted by Gasteiger charge is 2.18. The first-order valence-electron chi connectivity index (χ1n) is 4.72. The predicted octanol–water partition coefficient (Wildman–Crippen LogP) is 3.73. The van der Waals surface area contributed by atoms with Crippen LogP contribution in [0, 0.1) is 0 Å². The minimum Gasteiger partial charge on any atom is -0.496 e. The molecule has 0 aromatic heterocycles. The number of hydrogen-bond donors (Lipinski definition) is 0. The van der Waals surface area contributed by atoms with E-state index < -0.39 is 0 Å². The molecule has 0 saturated carbocycles. The summed E-state index contributed by atoms with van der Waals surface area (Å²) in [6.45, 7) is 6.52. The smallest absolute Gasteiger partial charge is 0.122 e. The normalized spacial score (nSPS) is 11.5. The van der Waals surface area contributed by atoms with Crippen molar-refractivity contribution >= 4 is 11.6 Å². The van der Waals surface area contributed by atoms with E-state index in [4.69, 9.17) is 16.3 Å². The van der Waals surface area contributed by atoms with Gasteiger partial charge >= 0.3 is 0 Å². The van der Waals surface area contributed by atoms with Crippen LogP contribution in [-0.4, -0.2) is 7.11 Å². The van der Waals surface area contributed by atoms with Crippen LogP contribution in [0.25, 0.3) is 0 Å². The van der Waals surface area contributed by atoms with Gasteiger partial charge in [0.25, 0.3) is 0 Å². The largest absolute Gasteiger partial charge is 0.496 e. The average Bonchev–Trinajstić information content (AvgIpc) is 2.15. The van der Waals surface area contributed by atoms with Crippen LogP contribution in [-0.2, 0) is 11.3 Å². The Kier molecular flexibility index (Phi) is 3.43. The van der Waals surface area contributed by atoms with Gasteiger partial charge in [-0.2, -0.15) is 0 Å². The molecule has 0 bridgehead atoms. The average molecular weight is 213 g/mol. The van der Waals surface area contributed by atoms with Crippen LogP contribution in [0.4, 0.5) is 0 Å². The molecule has 1 rings (SSSR count). The van der Waals surface area contributed by atoms with Crippen LogP contribution in [0.1, 0.15) is 31.9 Å². The van der Waals surface area contributed by atoms with Crippen LogP contribution in [0.15, 0.2) is 18.2 Å². The summed E-state index contributed by atoms with van der Waals surface area (Å²) in [7, 11) is 1.70. The van der Waals surface area contributed by atoms with E-state index in [1.807, 2.05) is 6.07 Å². The Morgan fingerprint density at radius 3 is 2.36 bits per heavy atom. The maximum absolute atomic E-state index is 5.77. The summed E-state index contributed by atoms with van der Waals surface area (Å²) < 4.78 is 5.36. The Morgan fingerprint density at radius 2 is 1.93 bits per heavy atom. The van der Waals surface area contributed by atoms with Crippen LogP contribution in [0.3, 0.4) is 0 Å². The molecule has 0 spiro atoms. The van der Waals surface area contributed by atoms with Gasteiger partial charge in [-0.15, -0.1) is 11.6 Å². The summed E-state index contributed by atoms with van der Waals surface area (Å²) in [5.74, 6) is 1.46. The highest BCUT2D eigenvalue weighted by atomic mass is 35.5. The minimum absolute atomic E-state index is 0.107. The summed E-state index contributed by atoms with van der Waals surface area (Å²) in [5, 5.41) is 0. The van der Waals surface area contributed by atoms with Crippen molar-refractivity contribution in [3.05, 3.63) is 29.3 Å². The zero-order valence-corrected chi connectivity index (χ0v) is 9.98. The van der Waals surface area contributed by atoms with E-state index in [2.05, 4.69) is 32.9 Å². The highest BCUT2D eigenvalue weighted by Crippen LogP contribution is 2.32. The third-order valence-electron chi connectivity index (χ3n) is 2.23. The SMILES string of the molecule is COc1cc(CCl)ccc1C(C)(C)C. The number of benzene rings is 1. The fourth-order valence-corrected chi connectivity index (χ4v) is 1.60. The van der Waals surface area contributed by atoms with Crippen LogP contribution in [0.5, 0.6) is 5.75 Å². The van der Waals surface area contributed by atoms with Crippen molar-refractivity contribution in [1.29, 1.82) is 0 Å². The molecule has 0 N–H and O–H groups in total. The predicted molar refractivity (Wildman–Crippen MR) is 61.3 cm³/mol. The molecule has 1 nitrogen and oxygen atoms in total. The van der Waals surface area contributed by atoms with Crippen molar-refractivity contribution in [2.75, 3.05) is 7.11 Å². The van der Waals surface area contributed by atoms with Crippen molar-refractivity contribution in [1.82, 2.24) is 0 Å². The van der Waals surface area contributed by atoms with Crippen LogP contribution in [0.2, 0.25) is 0 Å². The molecule has 1 aromatic carbocycles. The molecule has 0 radical (unpaired) electrons. The first-order chi connectivity index (χ1) is 6.49. The molecule has 2 heteroatoms. The van der Waals surface area contributed by atoms with E-state index >= 15 is 0 Å². The van der Waals surface area contributed by atoms with E-state index in [1.165, 1.54) is 5.56 Å². The van der Waals surface area contributed by atoms with E-state index in [-0.39, 0.29) is 5.41 Å². The summed E-state index contributed by atoms with van der Waals surface area (Å²) >= 11 is 5.77. The second-order valence-electron chi connectivity index (χ2n) is 4.42. The van der Waals surface area contributed by atoms with Gasteiger partial charge in [0.05, 0.1) is 7.11 Å². The lowest BCUT2D eigenvalue weighted by atomic mass is 9.86. The molecule has 1 aromatic rings.